The zero-order valence-corrected chi connectivity index (χ0v) is 26.8. The van der Waals surface area contributed by atoms with Crippen molar-refractivity contribution in [3.63, 3.8) is 0 Å². The lowest BCUT2D eigenvalue weighted by Gasteiger charge is -2.36. The van der Waals surface area contributed by atoms with Gasteiger partial charge in [-0.05, 0) is 66.6 Å². The highest BCUT2D eigenvalue weighted by Gasteiger charge is 2.41. The molecule has 4 aromatic rings. The lowest BCUT2D eigenvalue weighted by molar-refractivity contribution is -0.130. The van der Waals surface area contributed by atoms with Gasteiger partial charge in [0, 0.05) is 57.2 Å². The molecule has 1 N–H and O–H groups in total. The third-order valence-electron chi connectivity index (χ3n) is 9.53. The number of rotatable bonds is 8. The maximum atomic E-state index is 14.1. The van der Waals surface area contributed by atoms with Crippen molar-refractivity contribution in [3.05, 3.63) is 82.2 Å². The highest BCUT2D eigenvalue weighted by molar-refractivity contribution is 5.85. The highest BCUT2D eigenvalue weighted by atomic mass is 16.5. The Kier molecular flexibility index (Phi) is 8.44. The number of nitrogens with one attached hydrogen (secondary N) is 1. The zero-order valence-electron chi connectivity index (χ0n) is 26.8. The van der Waals surface area contributed by atoms with Crippen LogP contribution in [0, 0.1) is 19.3 Å². The molecule has 0 saturated carbocycles. The van der Waals surface area contributed by atoms with E-state index in [1.165, 1.54) is 11.1 Å². The van der Waals surface area contributed by atoms with Gasteiger partial charge in [-0.1, -0.05) is 50.3 Å². The molecule has 0 aliphatic carbocycles. The summed E-state index contributed by atoms with van der Waals surface area (Å²) < 4.78 is 13.7. The minimum Gasteiger partial charge on any atom is -0.489 e. The van der Waals surface area contributed by atoms with E-state index in [0.717, 1.165) is 71.5 Å². The minimum absolute atomic E-state index is 0.0262. The van der Waals surface area contributed by atoms with Gasteiger partial charge < -0.3 is 14.8 Å². The van der Waals surface area contributed by atoms with Crippen LogP contribution >= 0.6 is 0 Å². The first kappa shape index (κ1) is 30.2. The van der Waals surface area contributed by atoms with Gasteiger partial charge in [-0.25, -0.2) is 4.68 Å². The summed E-state index contributed by atoms with van der Waals surface area (Å²) in [6, 6.07) is 12.9. The van der Waals surface area contributed by atoms with Crippen LogP contribution in [0.1, 0.15) is 72.9 Å². The molecule has 9 nitrogen and oxygen atoms in total. The summed E-state index contributed by atoms with van der Waals surface area (Å²) in [5.74, 6) is 0.741. The van der Waals surface area contributed by atoms with Crippen molar-refractivity contribution in [2.75, 3.05) is 19.8 Å². The van der Waals surface area contributed by atoms with Crippen molar-refractivity contribution >= 4 is 16.9 Å². The Balaban J connectivity index is 1.39. The molecule has 1 amide bonds. The maximum Gasteiger partial charge on any atom is 0.226 e. The molecule has 1 fully saturated rings. The number of pyridine rings is 1. The number of carbonyl (C=O) groups is 1. The van der Waals surface area contributed by atoms with Crippen molar-refractivity contribution in [2.24, 2.45) is 12.5 Å². The summed E-state index contributed by atoms with van der Waals surface area (Å²) in [7, 11) is 1.91. The van der Waals surface area contributed by atoms with Gasteiger partial charge in [0.15, 0.2) is 0 Å². The lowest BCUT2D eigenvalue weighted by Crippen LogP contribution is -2.46. The molecule has 232 valence electrons. The van der Waals surface area contributed by atoms with E-state index in [2.05, 4.69) is 90.5 Å². The van der Waals surface area contributed by atoms with Crippen molar-refractivity contribution in [3.8, 4) is 5.75 Å². The van der Waals surface area contributed by atoms with Gasteiger partial charge in [0.1, 0.15) is 17.4 Å². The number of hydrogen-bond acceptors (Lipinski definition) is 7. The predicted molar refractivity (Wildman–Crippen MR) is 170 cm³/mol. The zero-order chi connectivity index (χ0) is 31.0. The SMILES string of the molecule is CC[C@@H]1CN(Cc2cc([C@@H](c3ccc4c(nnn4C)c3C)C(C)(C)C(=O)NC3CCOC3)ccc2C)Cc2cnccc2O1. The van der Waals surface area contributed by atoms with E-state index >= 15 is 0 Å². The third-order valence-corrected chi connectivity index (χ3v) is 9.53. The molecule has 4 heterocycles. The molecule has 0 bridgehead atoms. The maximum absolute atomic E-state index is 14.1. The van der Waals surface area contributed by atoms with E-state index in [4.69, 9.17) is 9.47 Å². The van der Waals surface area contributed by atoms with Gasteiger partial charge >= 0.3 is 0 Å². The van der Waals surface area contributed by atoms with E-state index in [1.54, 1.807) is 10.9 Å². The highest BCUT2D eigenvalue weighted by Crippen LogP contribution is 2.44. The average Bonchev–Trinajstić information content (AvgIpc) is 3.61. The lowest BCUT2D eigenvalue weighted by atomic mass is 9.69. The number of nitrogens with zero attached hydrogens (tertiary/aromatic N) is 5. The monoisotopic (exact) mass is 596 g/mol. The van der Waals surface area contributed by atoms with Gasteiger partial charge in [0.05, 0.1) is 23.6 Å². The van der Waals surface area contributed by atoms with Crippen LogP contribution in [-0.2, 0) is 29.7 Å². The largest absolute Gasteiger partial charge is 0.489 e. The second-order valence-electron chi connectivity index (χ2n) is 13.0. The molecule has 2 aliphatic rings. The normalized spacial score (nSPS) is 19.8. The van der Waals surface area contributed by atoms with E-state index in [0.29, 0.717) is 13.2 Å². The summed E-state index contributed by atoms with van der Waals surface area (Å²) >= 11 is 0. The Morgan fingerprint density at radius 1 is 1.18 bits per heavy atom. The molecule has 0 radical (unpaired) electrons. The van der Waals surface area contributed by atoms with E-state index in [9.17, 15) is 4.79 Å². The summed E-state index contributed by atoms with van der Waals surface area (Å²) in [6.07, 6.45) is 5.59. The van der Waals surface area contributed by atoms with Crippen molar-refractivity contribution in [2.45, 2.75) is 78.6 Å². The molecule has 1 unspecified atom stereocenters. The Bertz CT molecular complexity index is 1660. The molecule has 2 aromatic heterocycles. The van der Waals surface area contributed by atoms with Crippen molar-refractivity contribution < 1.29 is 14.3 Å². The molecular weight excluding hydrogens is 552 g/mol. The van der Waals surface area contributed by atoms with Gasteiger partial charge in [-0.15, -0.1) is 5.10 Å². The van der Waals surface area contributed by atoms with Gasteiger partial charge in [-0.2, -0.15) is 0 Å². The van der Waals surface area contributed by atoms with Crippen LogP contribution in [0.25, 0.3) is 11.0 Å². The third kappa shape index (κ3) is 5.83. The summed E-state index contributed by atoms with van der Waals surface area (Å²) in [6.45, 7) is 14.2. The predicted octanol–water partition coefficient (Wildman–Crippen LogP) is 5.22. The van der Waals surface area contributed by atoms with Gasteiger partial charge in [0.2, 0.25) is 5.91 Å². The number of aryl methyl sites for hydroxylation is 3. The minimum atomic E-state index is -0.760. The Morgan fingerprint density at radius 2 is 2.02 bits per heavy atom. The number of aromatic nitrogens is 4. The first-order chi connectivity index (χ1) is 21.2. The number of amides is 1. The van der Waals surface area contributed by atoms with E-state index in [1.807, 2.05) is 19.3 Å². The molecule has 1 saturated heterocycles. The molecule has 9 heteroatoms. The van der Waals surface area contributed by atoms with Crippen molar-refractivity contribution in [1.29, 1.82) is 0 Å². The first-order valence-electron chi connectivity index (χ1n) is 15.7. The number of fused-ring (bicyclic) bond motifs is 2. The molecule has 2 aliphatic heterocycles. The fraction of sp³-hybridized carbons (Fsp3) is 0.486. The quantitative estimate of drug-likeness (QED) is 0.298. The Labute approximate surface area is 259 Å². The molecule has 44 heavy (non-hydrogen) atoms. The average molecular weight is 597 g/mol. The van der Waals surface area contributed by atoms with Crippen molar-refractivity contribution in [1.82, 2.24) is 30.2 Å². The van der Waals surface area contributed by atoms with Crippen LogP contribution in [0.3, 0.4) is 0 Å². The number of benzene rings is 2. The van der Waals surface area contributed by atoms with E-state index < -0.39 is 5.41 Å². The Morgan fingerprint density at radius 3 is 2.80 bits per heavy atom. The summed E-state index contributed by atoms with van der Waals surface area (Å²) in [5.41, 5.74) is 7.91. The Hall–Kier alpha value is -3.82. The molecule has 6 rings (SSSR count). The fourth-order valence-electron chi connectivity index (χ4n) is 6.77. The smallest absolute Gasteiger partial charge is 0.226 e. The topological polar surface area (TPSA) is 94.4 Å². The van der Waals surface area contributed by atoms with Gasteiger partial charge in [-0.3, -0.25) is 14.7 Å². The summed E-state index contributed by atoms with van der Waals surface area (Å²) in [4.78, 5) is 20.9. The van der Waals surface area contributed by atoms with Crippen LogP contribution in [0.2, 0.25) is 0 Å². The molecule has 3 atom stereocenters. The number of hydrogen-bond donors (Lipinski definition) is 1. The van der Waals surface area contributed by atoms with Crippen LogP contribution in [0.15, 0.2) is 48.8 Å². The van der Waals surface area contributed by atoms with Crippen LogP contribution in [0.5, 0.6) is 5.75 Å². The first-order valence-corrected chi connectivity index (χ1v) is 15.7. The fourth-order valence-corrected chi connectivity index (χ4v) is 6.77. The number of carbonyl (C=O) groups excluding carboxylic acids is 1. The summed E-state index contributed by atoms with van der Waals surface area (Å²) in [5, 5.41) is 12.1. The standard InChI is InChI=1S/C35H44N6O3/c1-7-28-20-41(19-26-17-36-14-12-31(26)44-28)18-25-16-24(9-8-22(25)2)32(35(4,5)34(42)37-27-13-15-43-21-27)29-10-11-30-33(23(29)3)38-39-40(30)6/h8-12,14,16-17,27-28,32H,7,13,15,18-21H2,1-6H3,(H,37,42)/t27?,28-,32+/m1/s1. The second-order valence-corrected chi connectivity index (χ2v) is 13.0. The number of ether oxygens (including phenoxy) is 2. The molecule has 2 aromatic carbocycles. The molecule has 0 spiro atoms. The van der Waals surface area contributed by atoms with E-state index in [-0.39, 0.29) is 24.0 Å². The second kappa shape index (κ2) is 12.3. The van der Waals surface area contributed by atoms with Crippen LogP contribution < -0.4 is 10.1 Å². The molecular formula is C35H44N6O3. The van der Waals surface area contributed by atoms with Crippen LogP contribution in [-0.4, -0.2) is 62.7 Å². The van der Waals surface area contributed by atoms with Gasteiger partial charge in [0.25, 0.3) is 0 Å². The van der Waals surface area contributed by atoms with Crippen LogP contribution in [0.4, 0.5) is 0 Å².